The van der Waals surface area contributed by atoms with E-state index in [4.69, 9.17) is 0 Å². The highest BCUT2D eigenvalue weighted by molar-refractivity contribution is 5.95. The van der Waals surface area contributed by atoms with Crippen molar-refractivity contribution in [3.05, 3.63) is 12.4 Å². The summed E-state index contributed by atoms with van der Waals surface area (Å²) < 4.78 is 1.84. The highest BCUT2D eigenvalue weighted by atomic mass is 16.2. The molecule has 5 nitrogen and oxygen atoms in total. The minimum Gasteiger partial charge on any atom is -0.323 e. The summed E-state index contributed by atoms with van der Waals surface area (Å²) in [5.41, 5.74) is 0.483. The maximum Gasteiger partial charge on any atom is 0.231 e. The Labute approximate surface area is 102 Å². The van der Waals surface area contributed by atoms with Gasteiger partial charge in [0.25, 0.3) is 0 Å². The van der Waals surface area contributed by atoms with Crippen LogP contribution in [-0.2, 0) is 4.79 Å². The number of nitrogens with one attached hydrogen (secondary N) is 2. The zero-order valence-electron chi connectivity index (χ0n) is 10.7. The Kier molecular flexibility index (Phi) is 3.19. The van der Waals surface area contributed by atoms with Crippen LogP contribution in [0.1, 0.15) is 33.2 Å². The van der Waals surface area contributed by atoms with Crippen molar-refractivity contribution in [1.29, 1.82) is 0 Å². The highest BCUT2D eigenvalue weighted by Gasteiger charge is 2.36. The van der Waals surface area contributed by atoms with E-state index in [1.165, 1.54) is 0 Å². The Morgan fingerprint density at radius 2 is 2.41 bits per heavy atom. The molecule has 1 saturated heterocycles. The number of nitrogens with zero attached hydrogens (tertiary/aromatic N) is 2. The van der Waals surface area contributed by atoms with Crippen LogP contribution in [0.25, 0.3) is 0 Å². The molecular formula is C12H20N4O. The Morgan fingerprint density at radius 1 is 1.65 bits per heavy atom. The largest absolute Gasteiger partial charge is 0.323 e. The molecule has 2 rings (SSSR count). The number of aromatic nitrogens is 2. The van der Waals surface area contributed by atoms with E-state index in [0.29, 0.717) is 6.04 Å². The van der Waals surface area contributed by atoms with Gasteiger partial charge in [0.2, 0.25) is 5.91 Å². The maximum absolute atomic E-state index is 12.1. The van der Waals surface area contributed by atoms with Crippen LogP contribution in [0, 0.1) is 5.41 Å². The molecule has 1 atom stereocenters. The molecule has 0 saturated carbocycles. The van der Waals surface area contributed by atoms with Crippen LogP contribution in [0.2, 0.25) is 0 Å². The van der Waals surface area contributed by atoms with E-state index in [1.54, 1.807) is 6.20 Å². The molecule has 1 amide bonds. The van der Waals surface area contributed by atoms with Crippen molar-refractivity contribution in [3.8, 4) is 0 Å². The van der Waals surface area contributed by atoms with E-state index in [2.05, 4.69) is 29.6 Å². The van der Waals surface area contributed by atoms with Crippen LogP contribution < -0.4 is 10.6 Å². The standard InChI is InChI=1S/C12H20N4O/c1-9(2)16-7-10(6-14-16)15-11(17)12(3)4-5-13-8-12/h6-7,9,13H,4-5,8H2,1-3H3,(H,15,17). The Balaban J connectivity index is 2.02. The van der Waals surface area contributed by atoms with Crippen LogP contribution in [0.5, 0.6) is 0 Å². The summed E-state index contributed by atoms with van der Waals surface area (Å²) in [6.45, 7) is 7.77. The molecular weight excluding hydrogens is 216 g/mol. The van der Waals surface area contributed by atoms with Crippen LogP contribution in [0.4, 0.5) is 5.69 Å². The summed E-state index contributed by atoms with van der Waals surface area (Å²) in [6, 6.07) is 0.310. The van der Waals surface area contributed by atoms with E-state index in [9.17, 15) is 4.79 Å². The van der Waals surface area contributed by atoms with Gasteiger partial charge in [-0.15, -0.1) is 0 Å². The molecule has 5 heteroatoms. The van der Waals surface area contributed by atoms with Crippen molar-refractivity contribution in [2.24, 2.45) is 5.41 Å². The minimum atomic E-state index is -0.292. The molecule has 0 spiro atoms. The van der Waals surface area contributed by atoms with Gasteiger partial charge in [0, 0.05) is 18.8 Å². The van der Waals surface area contributed by atoms with Gasteiger partial charge in [-0.25, -0.2) is 0 Å². The number of carbonyl (C=O) groups excluding carboxylic acids is 1. The van der Waals surface area contributed by atoms with E-state index in [-0.39, 0.29) is 11.3 Å². The number of hydrogen-bond donors (Lipinski definition) is 2. The van der Waals surface area contributed by atoms with Gasteiger partial charge in [0.15, 0.2) is 0 Å². The molecule has 0 aromatic carbocycles. The first kappa shape index (κ1) is 12.1. The van der Waals surface area contributed by atoms with Gasteiger partial charge >= 0.3 is 0 Å². The fourth-order valence-corrected chi connectivity index (χ4v) is 1.98. The predicted octanol–water partition coefficient (Wildman–Crippen LogP) is 1.40. The number of amides is 1. The topological polar surface area (TPSA) is 59.0 Å². The van der Waals surface area contributed by atoms with Crippen molar-refractivity contribution in [2.45, 2.75) is 33.2 Å². The second-order valence-corrected chi connectivity index (χ2v) is 5.24. The molecule has 0 aliphatic carbocycles. The third kappa shape index (κ3) is 2.49. The van der Waals surface area contributed by atoms with Crippen molar-refractivity contribution in [1.82, 2.24) is 15.1 Å². The van der Waals surface area contributed by atoms with E-state index < -0.39 is 0 Å². The van der Waals surface area contributed by atoms with Gasteiger partial charge in [0.1, 0.15) is 0 Å². The molecule has 1 aliphatic rings. The molecule has 2 heterocycles. The lowest BCUT2D eigenvalue weighted by molar-refractivity contribution is -0.123. The molecule has 0 radical (unpaired) electrons. The fraction of sp³-hybridized carbons (Fsp3) is 0.667. The van der Waals surface area contributed by atoms with Crippen LogP contribution in [-0.4, -0.2) is 28.8 Å². The molecule has 2 N–H and O–H groups in total. The van der Waals surface area contributed by atoms with Crippen LogP contribution in [0.3, 0.4) is 0 Å². The molecule has 0 bridgehead atoms. The summed E-state index contributed by atoms with van der Waals surface area (Å²) in [5.74, 6) is 0.0748. The molecule has 1 aromatic rings. The second kappa shape index (κ2) is 4.49. The first-order valence-electron chi connectivity index (χ1n) is 6.07. The van der Waals surface area contributed by atoms with Gasteiger partial charge in [-0.2, -0.15) is 5.10 Å². The van der Waals surface area contributed by atoms with Crippen molar-refractivity contribution < 1.29 is 4.79 Å². The monoisotopic (exact) mass is 236 g/mol. The quantitative estimate of drug-likeness (QED) is 0.834. The van der Waals surface area contributed by atoms with E-state index >= 15 is 0 Å². The zero-order chi connectivity index (χ0) is 12.5. The fourth-order valence-electron chi connectivity index (χ4n) is 1.98. The van der Waals surface area contributed by atoms with Crippen molar-refractivity contribution >= 4 is 11.6 Å². The normalized spacial score (nSPS) is 24.2. The predicted molar refractivity (Wildman–Crippen MR) is 66.8 cm³/mol. The molecule has 1 aliphatic heterocycles. The number of anilines is 1. The SMILES string of the molecule is CC(C)n1cc(NC(=O)C2(C)CCNC2)cn1. The smallest absolute Gasteiger partial charge is 0.231 e. The number of rotatable bonds is 3. The number of carbonyl (C=O) groups is 1. The lowest BCUT2D eigenvalue weighted by Gasteiger charge is -2.20. The third-order valence-corrected chi connectivity index (χ3v) is 3.31. The average molecular weight is 236 g/mol. The van der Waals surface area contributed by atoms with E-state index in [0.717, 1.165) is 25.2 Å². The average Bonchev–Trinajstić information content (AvgIpc) is 2.88. The molecule has 94 valence electrons. The van der Waals surface area contributed by atoms with Crippen molar-refractivity contribution in [2.75, 3.05) is 18.4 Å². The first-order valence-corrected chi connectivity index (χ1v) is 6.07. The molecule has 1 aromatic heterocycles. The molecule has 1 fully saturated rings. The molecule has 17 heavy (non-hydrogen) atoms. The number of hydrogen-bond acceptors (Lipinski definition) is 3. The van der Waals surface area contributed by atoms with Gasteiger partial charge < -0.3 is 10.6 Å². The minimum absolute atomic E-state index is 0.0748. The molecule has 1 unspecified atom stereocenters. The third-order valence-electron chi connectivity index (χ3n) is 3.31. The van der Waals surface area contributed by atoms with Crippen molar-refractivity contribution in [3.63, 3.8) is 0 Å². The summed E-state index contributed by atoms with van der Waals surface area (Å²) >= 11 is 0. The van der Waals surface area contributed by atoms with E-state index in [1.807, 2.05) is 17.8 Å². The van der Waals surface area contributed by atoms with Gasteiger partial charge in [-0.3, -0.25) is 9.48 Å². The van der Waals surface area contributed by atoms with Gasteiger partial charge in [0.05, 0.1) is 17.3 Å². The Bertz CT molecular complexity index is 404. The lowest BCUT2D eigenvalue weighted by atomic mass is 9.89. The lowest BCUT2D eigenvalue weighted by Crippen LogP contribution is -2.35. The van der Waals surface area contributed by atoms with Gasteiger partial charge in [-0.1, -0.05) is 0 Å². The first-order chi connectivity index (χ1) is 8.01. The maximum atomic E-state index is 12.1. The summed E-state index contributed by atoms with van der Waals surface area (Å²) in [5, 5.41) is 10.4. The highest BCUT2D eigenvalue weighted by Crippen LogP contribution is 2.26. The Morgan fingerprint density at radius 3 is 2.94 bits per heavy atom. The van der Waals surface area contributed by atoms with Crippen LogP contribution >= 0.6 is 0 Å². The second-order valence-electron chi connectivity index (χ2n) is 5.24. The zero-order valence-corrected chi connectivity index (χ0v) is 10.7. The summed E-state index contributed by atoms with van der Waals surface area (Å²) in [7, 11) is 0. The Hall–Kier alpha value is -1.36. The van der Waals surface area contributed by atoms with Gasteiger partial charge in [-0.05, 0) is 33.7 Å². The van der Waals surface area contributed by atoms with Crippen LogP contribution in [0.15, 0.2) is 12.4 Å². The summed E-state index contributed by atoms with van der Waals surface area (Å²) in [6.07, 6.45) is 4.45. The summed E-state index contributed by atoms with van der Waals surface area (Å²) in [4.78, 5) is 12.1.